The molecule has 1 atom stereocenters. The van der Waals surface area contributed by atoms with Crippen molar-refractivity contribution in [3.63, 3.8) is 0 Å². The second-order valence-electron chi connectivity index (χ2n) is 5.29. The lowest BCUT2D eigenvalue weighted by Crippen LogP contribution is -2.36. The Bertz CT molecular complexity index is 726. The molecule has 1 saturated heterocycles. The Morgan fingerprint density at radius 2 is 2.09 bits per heavy atom. The fraction of sp³-hybridized carbons (Fsp3) is 0.250. The summed E-state index contributed by atoms with van der Waals surface area (Å²) in [5.41, 5.74) is 0.303. The second-order valence-corrected chi connectivity index (χ2v) is 5.29. The number of benzene rings is 1. The highest BCUT2D eigenvalue weighted by Gasteiger charge is 2.28. The normalized spacial score (nSPS) is 17.8. The van der Waals surface area contributed by atoms with E-state index in [4.69, 9.17) is 4.42 Å². The van der Waals surface area contributed by atoms with Crippen molar-refractivity contribution in [2.45, 2.75) is 12.5 Å². The fourth-order valence-corrected chi connectivity index (χ4v) is 2.48. The molecule has 0 radical (unpaired) electrons. The van der Waals surface area contributed by atoms with Crippen molar-refractivity contribution in [2.75, 3.05) is 13.6 Å². The minimum absolute atomic E-state index is 0.00297. The predicted octanol–water partition coefficient (Wildman–Crippen LogP) is 2.05. The molecule has 1 aliphatic rings. The van der Waals surface area contributed by atoms with Crippen molar-refractivity contribution < 1.29 is 18.4 Å². The van der Waals surface area contributed by atoms with Crippen LogP contribution in [-0.2, 0) is 4.79 Å². The molecule has 0 aliphatic carbocycles. The van der Waals surface area contributed by atoms with Crippen molar-refractivity contribution in [3.8, 4) is 11.3 Å². The maximum Gasteiger partial charge on any atom is 0.287 e. The quantitative estimate of drug-likeness (QED) is 0.944. The van der Waals surface area contributed by atoms with E-state index in [1.807, 2.05) is 0 Å². The number of nitrogens with one attached hydrogen (secondary N) is 1. The van der Waals surface area contributed by atoms with E-state index >= 15 is 0 Å². The number of furan rings is 1. The topological polar surface area (TPSA) is 62.6 Å². The molecular weight excluding hydrogens is 287 g/mol. The van der Waals surface area contributed by atoms with Gasteiger partial charge in [0.05, 0.1) is 11.6 Å². The third kappa shape index (κ3) is 2.72. The first-order chi connectivity index (χ1) is 10.5. The lowest BCUT2D eigenvalue weighted by molar-refractivity contribution is -0.126. The van der Waals surface area contributed by atoms with Gasteiger partial charge in [0.1, 0.15) is 11.6 Å². The lowest BCUT2D eigenvalue weighted by atomic mass is 10.1. The molecular formula is C16H15FN2O3. The molecule has 2 heterocycles. The van der Waals surface area contributed by atoms with Gasteiger partial charge in [0.2, 0.25) is 5.91 Å². The van der Waals surface area contributed by atoms with E-state index in [9.17, 15) is 14.0 Å². The average molecular weight is 302 g/mol. The Labute approximate surface area is 126 Å². The molecule has 1 fully saturated rings. The van der Waals surface area contributed by atoms with E-state index in [0.29, 0.717) is 17.9 Å². The van der Waals surface area contributed by atoms with Gasteiger partial charge >= 0.3 is 0 Å². The molecule has 1 aliphatic heterocycles. The third-order valence-electron chi connectivity index (χ3n) is 3.65. The van der Waals surface area contributed by atoms with Crippen LogP contribution in [-0.4, -0.2) is 36.3 Å². The number of carbonyl (C=O) groups excluding carboxylic acids is 2. The lowest BCUT2D eigenvalue weighted by Gasteiger charge is -2.11. The van der Waals surface area contributed by atoms with Crippen molar-refractivity contribution >= 4 is 11.8 Å². The van der Waals surface area contributed by atoms with Crippen LogP contribution in [0.25, 0.3) is 11.3 Å². The number of hydrogen-bond donors (Lipinski definition) is 1. The zero-order valence-electron chi connectivity index (χ0n) is 12.0. The first-order valence-electron chi connectivity index (χ1n) is 6.94. The minimum atomic E-state index is -0.410. The molecule has 22 heavy (non-hydrogen) atoms. The number of nitrogens with zero attached hydrogens (tertiary/aromatic N) is 1. The zero-order valence-corrected chi connectivity index (χ0v) is 12.0. The monoisotopic (exact) mass is 302 g/mol. The molecule has 2 aromatic rings. The highest BCUT2D eigenvalue weighted by atomic mass is 19.1. The number of rotatable bonds is 3. The minimum Gasteiger partial charge on any atom is -0.451 e. The summed E-state index contributed by atoms with van der Waals surface area (Å²) in [6, 6.07) is 9.02. The maximum atomic E-state index is 13.7. The van der Waals surface area contributed by atoms with E-state index < -0.39 is 11.7 Å². The van der Waals surface area contributed by atoms with Gasteiger partial charge in [-0.25, -0.2) is 4.39 Å². The van der Waals surface area contributed by atoms with Crippen molar-refractivity contribution in [1.29, 1.82) is 0 Å². The summed E-state index contributed by atoms with van der Waals surface area (Å²) in [7, 11) is 1.69. The Morgan fingerprint density at radius 3 is 2.77 bits per heavy atom. The van der Waals surface area contributed by atoms with E-state index in [1.165, 1.54) is 12.1 Å². The largest absolute Gasteiger partial charge is 0.451 e. The molecule has 2 amide bonds. The van der Waals surface area contributed by atoms with Gasteiger partial charge in [0.15, 0.2) is 5.76 Å². The van der Waals surface area contributed by atoms with Gasteiger partial charge in [-0.3, -0.25) is 9.59 Å². The maximum absolute atomic E-state index is 13.7. The zero-order chi connectivity index (χ0) is 15.7. The van der Waals surface area contributed by atoms with Gasteiger partial charge in [-0.05, 0) is 24.3 Å². The summed E-state index contributed by atoms with van der Waals surface area (Å²) in [6.45, 7) is 0.478. The summed E-state index contributed by atoms with van der Waals surface area (Å²) in [5.74, 6) is -0.428. The number of carbonyl (C=O) groups is 2. The van der Waals surface area contributed by atoms with Crippen molar-refractivity contribution in [1.82, 2.24) is 10.2 Å². The molecule has 0 spiro atoms. The molecule has 1 aromatic heterocycles. The summed E-state index contributed by atoms with van der Waals surface area (Å²) in [6.07, 6.45) is 0.281. The van der Waals surface area contributed by atoms with Crippen LogP contribution in [0, 0.1) is 5.82 Å². The van der Waals surface area contributed by atoms with Crippen LogP contribution in [0.3, 0.4) is 0 Å². The van der Waals surface area contributed by atoms with Gasteiger partial charge in [-0.1, -0.05) is 12.1 Å². The Kier molecular flexibility index (Phi) is 3.66. The van der Waals surface area contributed by atoms with Crippen LogP contribution in [0.15, 0.2) is 40.8 Å². The van der Waals surface area contributed by atoms with E-state index in [-0.39, 0.29) is 24.1 Å². The standard InChI is InChI=1S/C16H15FN2O3/c1-19-9-10(8-15(19)20)18-16(21)14-7-6-13(22-14)11-4-2-3-5-12(11)17/h2-7,10H,8-9H2,1H3,(H,18,21). The van der Waals surface area contributed by atoms with Crippen LogP contribution in [0.5, 0.6) is 0 Å². The molecule has 1 aromatic carbocycles. The molecule has 1 N–H and O–H groups in total. The van der Waals surface area contributed by atoms with Crippen LogP contribution >= 0.6 is 0 Å². The van der Waals surface area contributed by atoms with Crippen LogP contribution in [0.2, 0.25) is 0 Å². The number of likely N-dealkylation sites (tertiary alicyclic amines) is 1. The fourth-order valence-electron chi connectivity index (χ4n) is 2.48. The number of amides is 2. The Morgan fingerprint density at radius 1 is 1.32 bits per heavy atom. The highest BCUT2D eigenvalue weighted by Crippen LogP contribution is 2.24. The number of hydrogen-bond acceptors (Lipinski definition) is 3. The van der Waals surface area contributed by atoms with E-state index in [0.717, 1.165) is 0 Å². The van der Waals surface area contributed by atoms with Gasteiger partial charge in [-0.15, -0.1) is 0 Å². The third-order valence-corrected chi connectivity index (χ3v) is 3.65. The summed E-state index contributed by atoms with van der Waals surface area (Å²) in [4.78, 5) is 25.1. The van der Waals surface area contributed by atoms with Gasteiger partial charge < -0.3 is 14.6 Å². The Balaban J connectivity index is 1.73. The van der Waals surface area contributed by atoms with Crippen LogP contribution in [0.4, 0.5) is 4.39 Å². The predicted molar refractivity (Wildman–Crippen MR) is 77.6 cm³/mol. The van der Waals surface area contributed by atoms with Crippen molar-refractivity contribution in [2.24, 2.45) is 0 Å². The van der Waals surface area contributed by atoms with Gasteiger partial charge in [-0.2, -0.15) is 0 Å². The van der Waals surface area contributed by atoms with Gasteiger partial charge in [0, 0.05) is 20.0 Å². The van der Waals surface area contributed by atoms with Gasteiger partial charge in [0.25, 0.3) is 5.91 Å². The van der Waals surface area contributed by atoms with Crippen LogP contribution in [0.1, 0.15) is 17.0 Å². The second kappa shape index (κ2) is 5.63. The summed E-state index contributed by atoms with van der Waals surface area (Å²) in [5, 5.41) is 2.75. The van der Waals surface area contributed by atoms with E-state index in [1.54, 1.807) is 36.2 Å². The molecule has 5 nitrogen and oxygen atoms in total. The molecule has 114 valence electrons. The van der Waals surface area contributed by atoms with Crippen molar-refractivity contribution in [3.05, 3.63) is 48.0 Å². The molecule has 0 bridgehead atoms. The first kappa shape index (κ1) is 14.3. The number of halogens is 1. The Hall–Kier alpha value is -2.63. The molecule has 1 unspecified atom stereocenters. The van der Waals surface area contributed by atoms with Crippen LogP contribution < -0.4 is 5.32 Å². The summed E-state index contributed by atoms with van der Waals surface area (Å²) < 4.78 is 19.1. The van der Waals surface area contributed by atoms with E-state index in [2.05, 4.69) is 5.32 Å². The highest BCUT2D eigenvalue weighted by molar-refractivity contribution is 5.93. The first-order valence-corrected chi connectivity index (χ1v) is 6.94. The molecule has 3 rings (SSSR count). The average Bonchev–Trinajstić information content (AvgIpc) is 3.07. The summed E-state index contributed by atoms with van der Waals surface area (Å²) >= 11 is 0. The molecule has 0 saturated carbocycles. The smallest absolute Gasteiger partial charge is 0.287 e. The molecule has 6 heteroatoms. The SMILES string of the molecule is CN1CC(NC(=O)c2ccc(-c3ccccc3F)o2)CC1=O. The number of likely N-dealkylation sites (N-methyl/N-ethyl adjacent to an activating group) is 1.